The van der Waals surface area contributed by atoms with Crippen LogP contribution in [0.1, 0.15) is 6.92 Å². The normalized spacial score (nSPS) is 28.3. The summed E-state index contributed by atoms with van der Waals surface area (Å²) in [6.07, 6.45) is 2.13. The minimum atomic E-state index is 0.258. The summed E-state index contributed by atoms with van der Waals surface area (Å²) in [7, 11) is 0. The zero-order chi connectivity index (χ0) is 7.40. The Kier molecular flexibility index (Phi) is 2.90. The number of likely N-dealkylation sites (N-methyl/N-ethyl adjacent to an activating group) is 1. The van der Waals surface area contributed by atoms with E-state index in [0.717, 1.165) is 26.2 Å². The Bertz CT molecular complexity index is 114. The molecule has 1 fully saturated rings. The van der Waals surface area contributed by atoms with Gasteiger partial charge in [0.15, 0.2) is 0 Å². The number of hydrogen-bond donors (Lipinski definition) is 0. The van der Waals surface area contributed by atoms with Crippen LogP contribution in [0.2, 0.25) is 0 Å². The van der Waals surface area contributed by atoms with Gasteiger partial charge in [-0.2, -0.15) is 0 Å². The first-order chi connectivity index (χ1) is 4.86. The molecule has 0 unspecified atom stereocenters. The van der Waals surface area contributed by atoms with Gasteiger partial charge < -0.3 is 4.74 Å². The van der Waals surface area contributed by atoms with Gasteiger partial charge in [0.05, 0.1) is 12.7 Å². The molecular weight excluding hydrogens is 126 g/mol. The second-order valence-electron chi connectivity index (χ2n) is 2.54. The first-order valence-electron chi connectivity index (χ1n) is 3.83. The molecule has 0 bridgehead atoms. The van der Waals surface area contributed by atoms with Gasteiger partial charge >= 0.3 is 0 Å². The average Bonchev–Trinajstić information content (AvgIpc) is 2.05. The topological polar surface area (TPSA) is 12.5 Å². The predicted molar refractivity (Wildman–Crippen MR) is 42.1 cm³/mol. The Labute approximate surface area is 62.5 Å². The zero-order valence-corrected chi connectivity index (χ0v) is 6.55. The van der Waals surface area contributed by atoms with Crippen LogP contribution >= 0.6 is 0 Å². The summed E-state index contributed by atoms with van der Waals surface area (Å²) in [6, 6.07) is 0. The van der Waals surface area contributed by atoms with E-state index < -0.39 is 0 Å². The third kappa shape index (κ3) is 1.82. The molecule has 1 saturated heterocycles. The van der Waals surface area contributed by atoms with Crippen LogP contribution in [-0.2, 0) is 4.74 Å². The van der Waals surface area contributed by atoms with Crippen LogP contribution in [0.25, 0.3) is 0 Å². The minimum absolute atomic E-state index is 0.258. The molecular formula is C8H15NO. The van der Waals surface area contributed by atoms with Crippen molar-refractivity contribution in [1.82, 2.24) is 4.90 Å². The zero-order valence-electron chi connectivity index (χ0n) is 6.55. The molecule has 1 heterocycles. The maximum atomic E-state index is 5.40. The van der Waals surface area contributed by atoms with Crippen LogP contribution in [0.4, 0.5) is 0 Å². The first-order valence-corrected chi connectivity index (χ1v) is 3.83. The van der Waals surface area contributed by atoms with Gasteiger partial charge in [-0.3, -0.25) is 4.90 Å². The van der Waals surface area contributed by atoms with Crippen LogP contribution in [0.15, 0.2) is 12.7 Å². The highest BCUT2D eigenvalue weighted by atomic mass is 16.5. The molecule has 1 rings (SSSR count). The van der Waals surface area contributed by atoms with E-state index in [1.165, 1.54) is 0 Å². The van der Waals surface area contributed by atoms with E-state index in [1.807, 2.05) is 6.08 Å². The Morgan fingerprint density at radius 2 is 2.60 bits per heavy atom. The molecule has 0 aromatic heterocycles. The third-order valence-corrected chi connectivity index (χ3v) is 1.89. The standard InChI is InChI=1S/C8H15NO/c1-3-8-7-9(4-2)5-6-10-8/h3,8H,1,4-7H2,2H3/t8-/m1/s1. The lowest BCUT2D eigenvalue weighted by atomic mass is 10.3. The molecule has 1 aliphatic heterocycles. The van der Waals surface area contributed by atoms with Crippen LogP contribution < -0.4 is 0 Å². The van der Waals surface area contributed by atoms with E-state index in [4.69, 9.17) is 4.74 Å². The van der Waals surface area contributed by atoms with Crippen LogP contribution in [0.3, 0.4) is 0 Å². The molecule has 1 atom stereocenters. The van der Waals surface area contributed by atoms with Gasteiger partial charge in [-0.25, -0.2) is 0 Å². The fraction of sp³-hybridized carbons (Fsp3) is 0.750. The molecule has 1 aliphatic rings. The number of morpholine rings is 1. The van der Waals surface area contributed by atoms with Gasteiger partial charge in [0.25, 0.3) is 0 Å². The van der Waals surface area contributed by atoms with Gasteiger partial charge in [0.1, 0.15) is 0 Å². The van der Waals surface area contributed by atoms with Crippen molar-refractivity contribution in [2.24, 2.45) is 0 Å². The summed E-state index contributed by atoms with van der Waals surface area (Å²) in [4.78, 5) is 2.37. The fourth-order valence-corrected chi connectivity index (χ4v) is 1.16. The van der Waals surface area contributed by atoms with Crippen LogP contribution in [0, 0.1) is 0 Å². The third-order valence-electron chi connectivity index (χ3n) is 1.89. The van der Waals surface area contributed by atoms with Crippen molar-refractivity contribution in [2.75, 3.05) is 26.2 Å². The lowest BCUT2D eigenvalue weighted by molar-refractivity contribution is -0.00102. The Balaban J connectivity index is 2.31. The number of hydrogen-bond acceptors (Lipinski definition) is 2. The summed E-state index contributed by atoms with van der Waals surface area (Å²) in [5.74, 6) is 0. The SMILES string of the molecule is C=C[C@@H]1CN(CC)CCO1. The van der Waals surface area contributed by atoms with Gasteiger partial charge in [0.2, 0.25) is 0 Å². The summed E-state index contributed by atoms with van der Waals surface area (Å²) in [6.45, 7) is 9.93. The molecule has 0 aromatic carbocycles. The summed E-state index contributed by atoms with van der Waals surface area (Å²) in [5.41, 5.74) is 0. The Morgan fingerprint density at radius 3 is 3.20 bits per heavy atom. The number of rotatable bonds is 2. The second-order valence-corrected chi connectivity index (χ2v) is 2.54. The van der Waals surface area contributed by atoms with E-state index in [1.54, 1.807) is 0 Å². The monoisotopic (exact) mass is 141 g/mol. The summed E-state index contributed by atoms with van der Waals surface area (Å²) in [5, 5.41) is 0. The largest absolute Gasteiger partial charge is 0.371 e. The molecule has 10 heavy (non-hydrogen) atoms. The van der Waals surface area contributed by atoms with Crippen LogP contribution in [-0.4, -0.2) is 37.2 Å². The van der Waals surface area contributed by atoms with Gasteiger partial charge in [0, 0.05) is 13.1 Å². The van der Waals surface area contributed by atoms with Crippen molar-refractivity contribution in [3.8, 4) is 0 Å². The van der Waals surface area contributed by atoms with Crippen molar-refractivity contribution in [2.45, 2.75) is 13.0 Å². The highest BCUT2D eigenvalue weighted by Gasteiger charge is 2.15. The van der Waals surface area contributed by atoms with Crippen molar-refractivity contribution in [3.63, 3.8) is 0 Å². The molecule has 0 amide bonds. The maximum Gasteiger partial charge on any atom is 0.0880 e. The van der Waals surface area contributed by atoms with E-state index >= 15 is 0 Å². The predicted octanol–water partition coefficient (Wildman–Crippen LogP) is 0.893. The Hall–Kier alpha value is -0.340. The molecule has 0 spiro atoms. The first kappa shape index (κ1) is 7.76. The van der Waals surface area contributed by atoms with Crippen LogP contribution in [0.5, 0.6) is 0 Å². The smallest absolute Gasteiger partial charge is 0.0880 e. The average molecular weight is 141 g/mol. The molecule has 2 heteroatoms. The highest BCUT2D eigenvalue weighted by Crippen LogP contribution is 2.04. The molecule has 0 N–H and O–H groups in total. The minimum Gasteiger partial charge on any atom is -0.371 e. The summed E-state index contributed by atoms with van der Waals surface area (Å²) < 4.78 is 5.40. The maximum absolute atomic E-state index is 5.40. The number of nitrogens with zero attached hydrogens (tertiary/aromatic N) is 1. The van der Waals surface area contributed by atoms with E-state index in [-0.39, 0.29) is 6.10 Å². The van der Waals surface area contributed by atoms with Gasteiger partial charge in [-0.1, -0.05) is 13.0 Å². The van der Waals surface area contributed by atoms with Crippen molar-refractivity contribution >= 4 is 0 Å². The van der Waals surface area contributed by atoms with Gasteiger partial charge in [-0.05, 0) is 6.54 Å². The summed E-state index contributed by atoms with van der Waals surface area (Å²) >= 11 is 0. The lowest BCUT2D eigenvalue weighted by Crippen LogP contribution is -2.41. The molecule has 2 nitrogen and oxygen atoms in total. The van der Waals surface area contributed by atoms with Gasteiger partial charge in [-0.15, -0.1) is 6.58 Å². The Morgan fingerprint density at radius 1 is 1.80 bits per heavy atom. The molecule has 0 aliphatic carbocycles. The molecule has 0 saturated carbocycles. The molecule has 58 valence electrons. The second kappa shape index (κ2) is 3.74. The highest BCUT2D eigenvalue weighted by molar-refractivity contribution is 4.85. The van der Waals surface area contributed by atoms with Crippen molar-refractivity contribution in [1.29, 1.82) is 0 Å². The fourth-order valence-electron chi connectivity index (χ4n) is 1.16. The van der Waals surface area contributed by atoms with E-state index in [9.17, 15) is 0 Å². The van der Waals surface area contributed by atoms with E-state index in [2.05, 4.69) is 18.4 Å². The lowest BCUT2D eigenvalue weighted by Gasteiger charge is -2.30. The van der Waals surface area contributed by atoms with Crippen molar-refractivity contribution < 1.29 is 4.74 Å². The van der Waals surface area contributed by atoms with E-state index in [0.29, 0.717) is 0 Å². The van der Waals surface area contributed by atoms with Crippen molar-refractivity contribution in [3.05, 3.63) is 12.7 Å². The molecule has 0 aromatic rings. The molecule has 0 radical (unpaired) electrons. The quantitative estimate of drug-likeness (QED) is 0.530. The number of ether oxygens (including phenoxy) is 1.